The number of aryl methyl sites for hydroxylation is 2. The molecule has 0 heterocycles. The lowest BCUT2D eigenvalue weighted by atomic mass is 10.0. The third-order valence-corrected chi connectivity index (χ3v) is 3.46. The van der Waals surface area contributed by atoms with E-state index in [1.165, 1.54) is 5.56 Å². The van der Waals surface area contributed by atoms with Gasteiger partial charge in [0.05, 0.1) is 12.8 Å². The summed E-state index contributed by atoms with van der Waals surface area (Å²) in [4.78, 5) is 13.8. The number of hydrogen-bond acceptors (Lipinski definition) is 3. The maximum Gasteiger partial charge on any atom is 0.226 e. The van der Waals surface area contributed by atoms with Crippen molar-refractivity contribution in [1.82, 2.24) is 0 Å². The Bertz CT molecular complexity index is 470. The second-order valence-corrected chi connectivity index (χ2v) is 4.86. The van der Waals surface area contributed by atoms with Gasteiger partial charge in [-0.2, -0.15) is 0 Å². The summed E-state index contributed by atoms with van der Waals surface area (Å²) in [5.74, 6) is 0.844. The van der Waals surface area contributed by atoms with Crippen molar-refractivity contribution in [3.8, 4) is 5.75 Å². The van der Waals surface area contributed by atoms with Crippen LogP contribution < -0.4 is 15.4 Å². The molecular formula is C15H24N2O2. The van der Waals surface area contributed by atoms with Crippen LogP contribution in [-0.2, 0) is 4.79 Å². The van der Waals surface area contributed by atoms with Gasteiger partial charge in [0.15, 0.2) is 0 Å². The summed E-state index contributed by atoms with van der Waals surface area (Å²) in [6, 6.07) is 2.08. The van der Waals surface area contributed by atoms with E-state index in [1.807, 2.05) is 20.8 Å². The zero-order valence-corrected chi connectivity index (χ0v) is 12.5. The number of nitrogens with zero attached hydrogens (tertiary/aromatic N) is 1. The fraction of sp³-hybridized carbons (Fsp3) is 0.533. The Morgan fingerprint density at radius 1 is 1.32 bits per heavy atom. The lowest BCUT2D eigenvalue weighted by molar-refractivity contribution is -0.118. The number of benzene rings is 1. The highest BCUT2D eigenvalue weighted by Crippen LogP contribution is 2.36. The number of carbonyl (C=O) groups is 1. The summed E-state index contributed by atoms with van der Waals surface area (Å²) in [5.41, 5.74) is 9.59. The van der Waals surface area contributed by atoms with Crippen LogP contribution >= 0.6 is 0 Å². The average Bonchev–Trinajstić information content (AvgIpc) is 2.38. The number of carbonyl (C=O) groups excluding carboxylic acids is 1. The molecule has 0 aliphatic heterocycles. The zero-order chi connectivity index (χ0) is 14.6. The SMILES string of the molecule is COc1c(C)c(C)cc(C)c1N(C)C(=O)CCCN. The Morgan fingerprint density at radius 3 is 2.47 bits per heavy atom. The Labute approximate surface area is 115 Å². The van der Waals surface area contributed by atoms with Gasteiger partial charge in [-0.3, -0.25) is 4.79 Å². The number of rotatable bonds is 5. The molecule has 0 unspecified atom stereocenters. The number of hydrogen-bond donors (Lipinski definition) is 1. The first-order chi connectivity index (χ1) is 8.93. The Morgan fingerprint density at radius 2 is 1.95 bits per heavy atom. The van der Waals surface area contributed by atoms with Gasteiger partial charge in [-0.1, -0.05) is 6.07 Å². The summed E-state index contributed by atoms with van der Waals surface area (Å²) in [7, 11) is 3.43. The van der Waals surface area contributed by atoms with Gasteiger partial charge in [-0.25, -0.2) is 0 Å². The summed E-state index contributed by atoms with van der Waals surface area (Å²) < 4.78 is 5.49. The molecule has 1 aromatic rings. The molecule has 106 valence electrons. The van der Waals surface area contributed by atoms with Crippen molar-refractivity contribution in [2.24, 2.45) is 5.73 Å². The molecule has 1 amide bonds. The molecule has 0 saturated heterocycles. The van der Waals surface area contributed by atoms with Crippen molar-refractivity contribution in [2.45, 2.75) is 33.6 Å². The molecule has 19 heavy (non-hydrogen) atoms. The van der Waals surface area contributed by atoms with E-state index in [9.17, 15) is 4.79 Å². The van der Waals surface area contributed by atoms with Crippen molar-refractivity contribution < 1.29 is 9.53 Å². The highest BCUT2D eigenvalue weighted by atomic mass is 16.5. The molecule has 4 nitrogen and oxygen atoms in total. The van der Waals surface area contributed by atoms with Crippen LogP contribution in [0, 0.1) is 20.8 Å². The molecule has 1 aromatic carbocycles. The molecular weight excluding hydrogens is 240 g/mol. The van der Waals surface area contributed by atoms with Crippen LogP contribution in [0.2, 0.25) is 0 Å². The zero-order valence-electron chi connectivity index (χ0n) is 12.5. The number of nitrogens with two attached hydrogens (primary N) is 1. The predicted molar refractivity (Wildman–Crippen MR) is 78.9 cm³/mol. The second kappa shape index (κ2) is 6.57. The molecule has 4 heteroatoms. The summed E-state index contributed by atoms with van der Waals surface area (Å²) in [6.07, 6.45) is 1.16. The highest BCUT2D eigenvalue weighted by molar-refractivity contribution is 5.95. The van der Waals surface area contributed by atoms with Gasteiger partial charge in [-0.05, 0) is 50.4 Å². The minimum Gasteiger partial charge on any atom is -0.494 e. The summed E-state index contributed by atoms with van der Waals surface area (Å²) >= 11 is 0. The third kappa shape index (κ3) is 3.26. The molecule has 0 aliphatic carbocycles. The lowest BCUT2D eigenvalue weighted by Gasteiger charge is -2.24. The number of methoxy groups -OCH3 is 1. The Balaban J connectivity index is 3.18. The maximum atomic E-state index is 12.1. The van der Waals surface area contributed by atoms with Crippen LogP contribution in [0.15, 0.2) is 6.07 Å². The van der Waals surface area contributed by atoms with Crippen LogP contribution in [0.5, 0.6) is 5.75 Å². The minimum absolute atomic E-state index is 0.0649. The quantitative estimate of drug-likeness (QED) is 0.888. The van der Waals surface area contributed by atoms with E-state index in [0.717, 1.165) is 22.6 Å². The maximum absolute atomic E-state index is 12.1. The van der Waals surface area contributed by atoms with E-state index in [0.29, 0.717) is 19.4 Å². The van der Waals surface area contributed by atoms with Gasteiger partial charge >= 0.3 is 0 Å². The molecule has 0 fully saturated rings. The van der Waals surface area contributed by atoms with Crippen LogP contribution in [0.4, 0.5) is 5.69 Å². The fourth-order valence-electron chi connectivity index (χ4n) is 2.25. The van der Waals surface area contributed by atoms with Gasteiger partial charge < -0.3 is 15.4 Å². The average molecular weight is 264 g/mol. The Hall–Kier alpha value is -1.55. The van der Waals surface area contributed by atoms with Gasteiger partial charge in [-0.15, -0.1) is 0 Å². The van der Waals surface area contributed by atoms with Gasteiger partial charge in [0, 0.05) is 13.5 Å². The number of amides is 1. The molecule has 0 aromatic heterocycles. The predicted octanol–water partition coefficient (Wildman–Crippen LogP) is 2.32. The molecule has 0 bridgehead atoms. The lowest BCUT2D eigenvalue weighted by Crippen LogP contribution is -2.28. The van der Waals surface area contributed by atoms with E-state index in [2.05, 4.69) is 6.07 Å². The molecule has 2 N–H and O–H groups in total. The highest BCUT2D eigenvalue weighted by Gasteiger charge is 2.19. The monoisotopic (exact) mass is 264 g/mol. The van der Waals surface area contributed by atoms with Gasteiger partial charge in [0.25, 0.3) is 0 Å². The largest absolute Gasteiger partial charge is 0.494 e. The summed E-state index contributed by atoms with van der Waals surface area (Å²) in [6.45, 7) is 6.58. The first-order valence-electron chi connectivity index (χ1n) is 6.55. The van der Waals surface area contributed by atoms with Crippen molar-refractivity contribution in [3.63, 3.8) is 0 Å². The Kier molecular flexibility index (Phi) is 5.36. The third-order valence-electron chi connectivity index (χ3n) is 3.46. The smallest absolute Gasteiger partial charge is 0.226 e. The van der Waals surface area contributed by atoms with Gasteiger partial charge in [0.1, 0.15) is 5.75 Å². The standard InChI is InChI=1S/C15H24N2O2/c1-10-9-11(2)14(15(19-5)12(10)3)17(4)13(18)7-6-8-16/h9H,6-8,16H2,1-5H3. The van der Waals surface area contributed by atoms with Crippen molar-refractivity contribution in [2.75, 3.05) is 25.6 Å². The summed E-state index contributed by atoms with van der Waals surface area (Å²) in [5, 5.41) is 0. The van der Waals surface area contributed by atoms with E-state index in [-0.39, 0.29) is 5.91 Å². The first-order valence-corrected chi connectivity index (χ1v) is 6.55. The fourth-order valence-corrected chi connectivity index (χ4v) is 2.25. The minimum atomic E-state index is 0.0649. The van der Waals surface area contributed by atoms with Crippen molar-refractivity contribution >= 4 is 11.6 Å². The van der Waals surface area contributed by atoms with Crippen molar-refractivity contribution in [1.29, 1.82) is 0 Å². The van der Waals surface area contributed by atoms with Crippen LogP contribution in [0.1, 0.15) is 29.5 Å². The van der Waals surface area contributed by atoms with Gasteiger partial charge in [0.2, 0.25) is 5.91 Å². The van der Waals surface area contributed by atoms with E-state index >= 15 is 0 Å². The number of ether oxygens (including phenoxy) is 1. The topological polar surface area (TPSA) is 55.6 Å². The molecule has 0 spiro atoms. The molecule has 0 atom stereocenters. The number of anilines is 1. The second-order valence-electron chi connectivity index (χ2n) is 4.86. The van der Waals surface area contributed by atoms with E-state index in [4.69, 9.17) is 10.5 Å². The molecule has 0 saturated carbocycles. The van der Waals surface area contributed by atoms with Crippen LogP contribution in [0.3, 0.4) is 0 Å². The van der Waals surface area contributed by atoms with E-state index < -0.39 is 0 Å². The van der Waals surface area contributed by atoms with Crippen LogP contribution in [0.25, 0.3) is 0 Å². The molecule has 0 radical (unpaired) electrons. The first kappa shape index (κ1) is 15.5. The van der Waals surface area contributed by atoms with E-state index in [1.54, 1.807) is 19.1 Å². The molecule has 1 rings (SSSR count). The molecule has 0 aliphatic rings. The van der Waals surface area contributed by atoms with Crippen molar-refractivity contribution in [3.05, 3.63) is 22.8 Å². The van der Waals surface area contributed by atoms with Crippen LogP contribution in [-0.4, -0.2) is 26.6 Å². The normalized spacial score (nSPS) is 10.4.